The van der Waals surface area contributed by atoms with E-state index >= 15 is 0 Å². The van der Waals surface area contributed by atoms with Crippen molar-refractivity contribution in [3.63, 3.8) is 0 Å². The topological polar surface area (TPSA) is 17.1 Å². The molecule has 1 aromatic carbocycles. The van der Waals surface area contributed by atoms with Gasteiger partial charge in [0, 0.05) is 5.56 Å². The van der Waals surface area contributed by atoms with Gasteiger partial charge in [0.25, 0.3) is 0 Å². The van der Waals surface area contributed by atoms with E-state index in [9.17, 15) is 26.7 Å². The van der Waals surface area contributed by atoms with E-state index in [2.05, 4.69) is 0 Å². The molecule has 0 spiro atoms. The number of Topliss-reactive ketones (excluding diaryl/α,β-unsaturated/α-hetero) is 1. The second kappa shape index (κ2) is 4.09. The van der Waals surface area contributed by atoms with E-state index in [1.165, 1.54) is 19.1 Å². The molecular weight excluding hydrogens is 243 g/mol. The molecule has 0 aliphatic carbocycles. The van der Waals surface area contributed by atoms with Crippen LogP contribution in [0.15, 0.2) is 18.2 Å². The molecule has 0 fully saturated rings. The summed E-state index contributed by atoms with van der Waals surface area (Å²) in [7, 11) is 0. The highest BCUT2D eigenvalue weighted by molar-refractivity contribution is 6.03. The zero-order chi connectivity index (χ0) is 13.4. The average molecular weight is 252 g/mol. The maximum absolute atomic E-state index is 12.8. The second-order valence-electron chi connectivity index (χ2n) is 3.72. The standard InChI is InChI=1S/C11H9F5O/c1-6-3-4-8(7(2)5-6)9(17)10(12,13)11(14,15)16/h3-5H,1-2H3. The van der Waals surface area contributed by atoms with Gasteiger partial charge in [0.1, 0.15) is 0 Å². The van der Waals surface area contributed by atoms with Gasteiger partial charge in [-0.1, -0.05) is 23.8 Å². The molecule has 0 saturated heterocycles. The number of hydrogen-bond donors (Lipinski definition) is 0. The Balaban J connectivity index is 3.22. The molecule has 0 bridgehead atoms. The number of carbonyl (C=O) groups excluding carboxylic acids is 1. The Hall–Kier alpha value is -1.46. The third kappa shape index (κ3) is 2.45. The van der Waals surface area contributed by atoms with Gasteiger partial charge in [-0.05, 0) is 19.4 Å². The molecule has 1 rings (SSSR count). The summed E-state index contributed by atoms with van der Waals surface area (Å²) in [5.41, 5.74) is 0.159. The van der Waals surface area contributed by atoms with Crippen LogP contribution in [0, 0.1) is 13.8 Å². The molecule has 0 radical (unpaired) electrons. The van der Waals surface area contributed by atoms with Gasteiger partial charge in [-0.15, -0.1) is 0 Å². The molecule has 0 aliphatic heterocycles. The molecule has 0 aliphatic rings. The molecule has 0 saturated carbocycles. The van der Waals surface area contributed by atoms with E-state index in [4.69, 9.17) is 0 Å². The maximum atomic E-state index is 12.8. The minimum absolute atomic E-state index is 0.0962. The normalized spacial score (nSPS) is 12.6. The largest absolute Gasteiger partial charge is 0.461 e. The molecule has 17 heavy (non-hydrogen) atoms. The van der Waals surface area contributed by atoms with E-state index in [0.29, 0.717) is 5.56 Å². The number of alkyl halides is 5. The first-order chi connectivity index (χ1) is 7.57. The van der Waals surface area contributed by atoms with Gasteiger partial charge in [-0.25, -0.2) is 0 Å². The van der Waals surface area contributed by atoms with Gasteiger partial charge in [0.05, 0.1) is 0 Å². The van der Waals surface area contributed by atoms with E-state index in [1.807, 2.05) is 0 Å². The molecular formula is C11H9F5O. The van der Waals surface area contributed by atoms with E-state index in [0.717, 1.165) is 6.07 Å². The number of hydrogen-bond acceptors (Lipinski definition) is 1. The predicted molar refractivity (Wildman–Crippen MR) is 51.2 cm³/mol. The molecule has 6 heteroatoms. The quantitative estimate of drug-likeness (QED) is 0.579. The third-order valence-corrected chi connectivity index (χ3v) is 2.27. The van der Waals surface area contributed by atoms with Crippen molar-refractivity contribution < 1.29 is 26.7 Å². The molecule has 0 amide bonds. The number of rotatable bonds is 2. The number of aryl methyl sites for hydroxylation is 2. The Bertz CT molecular complexity index is 448. The summed E-state index contributed by atoms with van der Waals surface area (Å²) in [4.78, 5) is 11.2. The van der Waals surface area contributed by atoms with Crippen molar-refractivity contribution in [3.8, 4) is 0 Å². The van der Waals surface area contributed by atoms with E-state index in [1.54, 1.807) is 6.92 Å². The van der Waals surface area contributed by atoms with Crippen LogP contribution in [0.1, 0.15) is 21.5 Å². The smallest absolute Gasteiger partial charge is 0.287 e. The van der Waals surface area contributed by atoms with Gasteiger partial charge in [-0.2, -0.15) is 22.0 Å². The fourth-order valence-corrected chi connectivity index (χ4v) is 1.37. The number of carbonyl (C=O) groups is 1. The minimum Gasteiger partial charge on any atom is -0.287 e. The monoisotopic (exact) mass is 252 g/mol. The Kier molecular flexibility index (Phi) is 3.27. The summed E-state index contributed by atoms with van der Waals surface area (Å²) in [6.07, 6.45) is -5.87. The number of ketones is 1. The first-order valence-electron chi connectivity index (χ1n) is 4.64. The van der Waals surface area contributed by atoms with Gasteiger partial charge in [0.15, 0.2) is 0 Å². The predicted octanol–water partition coefficient (Wildman–Crippen LogP) is 3.68. The first-order valence-corrected chi connectivity index (χ1v) is 4.64. The number of halogens is 5. The summed E-state index contributed by atoms with van der Waals surface area (Å²) in [5, 5.41) is 0. The summed E-state index contributed by atoms with van der Waals surface area (Å²) in [6.45, 7) is 2.95. The molecule has 0 unspecified atom stereocenters. The van der Waals surface area contributed by atoms with Crippen LogP contribution in [0.4, 0.5) is 22.0 Å². The molecule has 0 atom stereocenters. The van der Waals surface area contributed by atoms with Gasteiger partial charge in [0.2, 0.25) is 5.78 Å². The fraction of sp³-hybridized carbons (Fsp3) is 0.364. The SMILES string of the molecule is Cc1ccc(C(=O)C(F)(F)C(F)(F)F)c(C)c1. The first kappa shape index (κ1) is 13.6. The second-order valence-corrected chi connectivity index (χ2v) is 3.72. The highest BCUT2D eigenvalue weighted by Crippen LogP contribution is 2.38. The van der Waals surface area contributed by atoms with Crippen LogP contribution < -0.4 is 0 Å². The zero-order valence-corrected chi connectivity index (χ0v) is 9.03. The van der Waals surface area contributed by atoms with Crippen LogP contribution in [0.25, 0.3) is 0 Å². The van der Waals surface area contributed by atoms with Gasteiger partial charge >= 0.3 is 12.1 Å². The van der Waals surface area contributed by atoms with Crippen LogP contribution in [-0.2, 0) is 0 Å². The van der Waals surface area contributed by atoms with Gasteiger partial charge < -0.3 is 0 Å². The van der Waals surface area contributed by atoms with Crippen molar-refractivity contribution in [2.24, 2.45) is 0 Å². The molecule has 0 N–H and O–H groups in total. The Morgan fingerprint density at radius 1 is 1.06 bits per heavy atom. The van der Waals surface area contributed by atoms with Gasteiger partial charge in [-0.3, -0.25) is 4.79 Å². The Labute approximate surface area is 94.2 Å². The van der Waals surface area contributed by atoms with Crippen LogP contribution in [-0.4, -0.2) is 17.9 Å². The van der Waals surface area contributed by atoms with Crippen LogP contribution in [0.2, 0.25) is 0 Å². The summed E-state index contributed by atoms with van der Waals surface area (Å²) in [6, 6.07) is 3.67. The highest BCUT2D eigenvalue weighted by atomic mass is 19.4. The third-order valence-electron chi connectivity index (χ3n) is 2.27. The average Bonchev–Trinajstić information content (AvgIpc) is 2.14. The highest BCUT2D eigenvalue weighted by Gasteiger charge is 2.63. The summed E-state index contributed by atoms with van der Waals surface area (Å²) in [5.74, 6) is -7.57. The molecule has 0 heterocycles. The van der Waals surface area contributed by atoms with E-state index < -0.39 is 23.4 Å². The van der Waals surface area contributed by atoms with Crippen molar-refractivity contribution >= 4 is 5.78 Å². The molecule has 0 aromatic heterocycles. The van der Waals surface area contributed by atoms with Crippen molar-refractivity contribution in [2.75, 3.05) is 0 Å². The summed E-state index contributed by atoms with van der Waals surface area (Å²) >= 11 is 0. The zero-order valence-electron chi connectivity index (χ0n) is 9.03. The molecule has 1 aromatic rings. The van der Waals surface area contributed by atoms with E-state index in [-0.39, 0.29) is 5.56 Å². The Morgan fingerprint density at radius 2 is 1.59 bits per heavy atom. The van der Waals surface area contributed by atoms with Crippen LogP contribution in [0.3, 0.4) is 0 Å². The Morgan fingerprint density at radius 3 is 2.00 bits per heavy atom. The maximum Gasteiger partial charge on any atom is 0.461 e. The molecule has 1 nitrogen and oxygen atoms in total. The minimum atomic E-state index is -5.87. The van der Waals surface area contributed by atoms with Crippen molar-refractivity contribution in [2.45, 2.75) is 25.9 Å². The van der Waals surface area contributed by atoms with Crippen molar-refractivity contribution in [3.05, 3.63) is 34.9 Å². The lowest BCUT2D eigenvalue weighted by atomic mass is 9.98. The number of benzene rings is 1. The van der Waals surface area contributed by atoms with Crippen molar-refractivity contribution in [1.82, 2.24) is 0 Å². The lowest BCUT2D eigenvalue weighted by Crippen LogP contribution is -2.44. The van der Waals surface area contributed by atoms with Crippen LogP contribution in [0.5, 0.6) is 0 Å². The van der Waals surface area contributed by atoms with Crippen LogP contribution >= 0.6 is 0 Å². The lowest BCUT2D eigenvalue weighted by molar-refractivity contribution is -0.255. The van der Waals surface area contributed by atoms with Crippen molar-refractivity contribution in [1.29, 1.82) is 0 Å². The summed E-state index contributed by atoms with van der Waals surface area (Å²) < 4.78 is 61.7. The lowest BCUT2D eigenvalue weighted by Gasteiger charge is -2.19. The molecule has 94 valence electrons. The fourth-order valence-electron chi connectivity index (χ4n) is 1.37.